The molecule has 88 valence electrons. The topological polar surface area (TPSA) is 66.3 Å². The van der Waals surface area contributed by atoms with Crippen LogP contribution >= 0.6 is 11.6 Å². The summed E-state index contributed by atoms with van der Waals surface area (Å²) in [5.41, 5.74) is 0.694. The number of aliphatic carboxylic acids is 1. The minimum Gasteiger partial charge on any atom is -0.480 e. The molecule has 0 aliphatic carbocycles. The third-order valence-electron chi connectivity index (χ3n) is 2.29. The highest BCUT2D eigenvalue weighted by Crippen LogP contribution is 2.24. The summed E-state index contributed by atoms with van der Waals surface area (Å²) in [4.78, 5) is 20.4. The van der Waals surface area contributed by atoms with E-state index in [1.54, 1.807) is 13.1 Å². The van der Waals surface area contributed by atoms with Gasteiger partial charge in [0.05, 0.1) is 5.52 Å². The van der Waals surface area contributed by atoms with E-state index in [-0.39, 0.29) is 11.8 Å². The van der Waals surface area contributed by atoms with Gasteiger partial charge in [0.2, 0.25) is 5.28 Å². The lowest BCUT2D eigenvalue weighted by Gasteiger charge is -2.17. The van der Waals surface area contributed by atoms with Crippen molar-refractivity contribution in [1.82, 2.24) is 9.97 Å². The molecule has 17 heavy (non-hydrogen) atoms. The van der Waals surface area contributed by atoms with E-state index in [9.17, 15) is 4.79 Å². The molecule has 0 atom stereocenters. The van der Waals surface area contributed by atoms with E-state index in [0.717, 1.165) is 5.39 Å². The number of fused-ring (bicyclic) bond motifs is 1. The number of aromatic nitrogens is 2. The normalized spacial score (nSPS) is 10.5. The van der Waals surface area contributed by atoms with E-state index < -0.39 is 5.97 Å². The van der Waals surface area contributed by atoms with Crippen LogP contribution < -0.4 is 4.90 Å². The van der Waals surface area contributed by atoms with Crippen LogP contribution in [0.5, 0.6) is 0 Å². The highest BCUT2D eigenvalue weighted by Gasteiger charge is 2.12. The zero-order chi connectivity index (χ0) is 12.4. The second-order valence-corrected chi connectivity index (χ2v) is 3.92. The maximum atomic E-state index is 10.7. The van der Waals surface area contributed by atoms with Gasteiger partial charge in [-0.05, 0) is 23.7 Å². The van der Waals surface area contributed by atoms with Crippen molar-refractivity contribution in [2.75, 3.05) is 18.5 Å². The van der Waals surface area contributed by atoms with Gasteiger partial charge < -0.3 is 10.0 Å². The molecule has 0 fully saturated rings. The van der Waals surface area contributed by atoms with E-state index in [0.29, 0.717) is 11.3 Å². The predicted molar refractivity (Wildman–Crippen MR) is 65.5 cm³/mol. The van der Waals surface area contributed by atoms with Crippen molar-refractivity contribution >= 4 is 34.3 Å². The van der Waals surface area contributed by atoms with Crippen molar-refractivity contribution in [2.24, 2.45) is 0 Å². The molecule has 1 heterocycles. The lowest BCUT2D eigenvalue weighted by Crippen LogP contribution is -2.26. The zero-order valence-corrected chi connectivity index (χ0v) is 9.85. The fourth-order valence-corrected chi connectivity index (χ4v) is 1.77. The van der Waals surface area contributed by atoms with Crippen LogP contribution in [-0.2, 0) is 4.79 Å². The number of para-hydroxylation sites is 1. The molecule has 5 nitrogen and oxygen atoms in total. The Hall–Kier alpha value is -1.88. The first-order valence-electron chi connectivity index (χ1n) is 4.93. The van der Waals surface area contributed by atoms with Crippen LogP contribution in [-0.4, -0.2) is 34.6 Å². The van der Waals surface area contributed by atoms with Crippen LogP contribution in [0.15, 0.2) is 24.3 Å². The van der Waals surface area contributed by atoms with Crippen molar-refractivity contribution in [2.45, 2.75) is 0 Å². The van der Waals surface area contributed by atoms with Crippen LogP contribution in [0.1, 0.15) is 0 Å². The highest BCUT2D eigenvalue weighted by molar-refractivity contribution is 6.28. The van der Waals surface area contributed by atoms with Crippen molar-refractivity contribution in [3.63, 3.8) is 0 Å². The lowest BCUT2D eigenvalue weighted by molar-refractivity contribution is -0.135. The number of benzene rings is 1. The molecule has 0 aliphatic rings. The summed E-state index contributed by atoms with van der Waals surface area (Å²) in [6, 6.07) is 7.32. The predicted octanol–water partition coefficient (Wildman–Crippen LogP) is 1.80. The number of likely N-dealkylation sites (N-methyl/N-ethyl adjacent to an activating group) is 1. The molecule has 0 unspecified atom stereocenters. The second-order valence-electron chi connectivity index (χ2n) is 3.58. The highest BCUT2D eigenvalue weighted by atomic mass is 35.5. The van der Waals surface area contributed by atoms with E-state index in [4.69, 9.17) is 16.7 Å². The Bertz CT molecular complexity index is 574. The molecule has 1 aromatic heterocycles. The number of carbonyl (C=O) groups is 1. The fraction of sp³-hybridized carbons (Fsp3) is 0.182. The summed E-state index contributed by atoms with van der Waals surface area (Å²) >= 11 is 5.81. The minimum absolute atomic E-state index is 0.107. The number of rotatable bonds is 3. The van der Waals surface area contributed by atoms with E-state index >= 15 is 0 Å². The summed E-state index contributed by atoms with van der Waals surface area (Å²) in [5, 5.41) is 9.65. The molecule has 0 aliphatic heterocycles. The number of nitrogens with zero attached hydrogens (tertiary/aromatic N) is 3. The minimum atomic E-state index is -0.925. The third-order valence-corrected chi connectivity index (χ3v) is 2.46. The number of hydrogen-bond donors (Lipinski definition) is 1. The third kappa shape index (κ3) is 2.45. The van der Waals surface area contributed by atoms with Gasteiger partial charge in [0, 0.05) is 12.4 Å². The number of carboxylic acid groups (broad SMARTS) is 1. The number of anilines is 1. The SMILES string of the molecule is CN(CC(=O)O)c1nc(Cl)nc2ccccc12. The molecule has 1 N–H and O–H groups in total. The molecular formula is C11H10ClN3O2. The zero-order valence-electron chi connectivity index (χ0n) is 9.09. The lowest BCUT2D eigenvalue weighted by atomic mass is 10.2. The van der Waals surface area contributed by atoms with Gasteiger partial charge in [0.1, 0.15) is 12.4 Å². The smallest absolute Gasteiger partial charge is 0.323 e. The molecule has 2 rings (SSSR count). The Kier molecular flexibility index (Phi) is 3.10. The van der Waals surface area contributed by atoms with Gasteiger partial charge in [-0.15, -0.1) is 0 Å². The second kappa shape index (κ2) is 4.55. The van der Waals surface area contributed by atoms with Crippen LogP contribution in [0.4, 0.5) is 5.82 Å². The Morgan fingerprint density at radius 2 is 2.12 bits per heavy atom. The van der Waals surface area contributed by atoms with Gasteiger partial charge in [0.25, 0.3) is 0 Å². The van der Waals surface area contributed by atoms with Crippen molar-refractivity contribution in [3.8, 4) is 0 Å². The van der Waals surface area contributed by atoms with E-state index in [1.165, 1.54) is 4.90 Å². The fourth-order valence-electron chi connectivity index (χ4n) is 1.60. The molecule has 6 heteroatoms. The molecule has 1 aromatic carbocycles. The van der Waals surface area contributed by atoms with Crippen molar-refractivity contribution in [1.29, 1.82) is 0 Å². The number of hydrogen-bond acceptors (Lipinski definition) is 4. The first-order chi connectivity index (χ1) is 8.08. The Labute approximate surface area is 103 Å². The summed E-state index contributed by atoms with van der Waals surface area (Å²) in [6.45, 7) is -0.142. The maximum Gasteiger partial charge on any atom is 0.323 e. The number of halogens is 1. The van der Waals surface area contributed by atoms with Crippen LogP contribution in [0, 0.1) is 0 Å². The van der Waals surface area contributed by atoms with Crippen LogP contribution in [0.25, 0.3) is 10.9 Å². The average molecular weight is 252 g/mol. The van der Waals surface area contributed by atoms with Gasteiger partial charge in [-0.2, -0.15) is 4.98 Å². The van der Waals surface area contributed by atoms with E-state index in [2.05, 4.69) is 9.97 Å². The summed E-state index contributed by atoms with van der Waals surface area (Å²) in [7, 11) is 1.65. The molecule has 2 aromatic rings. The molecule has 0 saturated carbocycles. The van der Waals surface area contributed by atoms with Gasteiger partial charge in [-0.1, -0.05) is 12.1 Å². The van der Waals surface area contributed by atoms with Gasteiger partial charge in [0.15, 0.2) is 0 Å². The standard InChI is InChI=1S/C11H10ClN3O2/c1-15(6-9(16)17)10-7-4-2-3-5-8(7)13-11(12)14-10/h2-5H,6H2,1H3,(H,16,17). The van der Waals surface area contributed by atoms with Crippen molar-refractivity contribution in [3.05, 3.63) is 29.5 Å². The van der Waals surface area contributed by atoms with Crippen LogP contribution in [0.3, 0.4) is 0 Å². The number of carboxylic acids is 1. The van der Waals surface area contributed by atoms with Gasteiger partial charge >= 0.3 is 5.97 Å². The Balaban J connectivity index is 2.55. The summed E-state index contributed by atoms with van der Waals surface area (Å²) in [5.74, 6) is -0.408. The van der Waals surface area contributed by atoms with Crippen molar-refractivity contribution < 1.29 is 9.90 Å². The molecular weight excluding hydrogens is 242 g/mol. The molecule has 0 radical (unpaired) electrons. The Morgan fingerprint density at radius 3 is 2.82 bits per heavy atom. The quantitative estimate of drug-likeness (QED) is 0.843. The maximum absolute atomic E-state index is 10.7. The van der Waals surface area contributed by atoms with Gasteiger partial charge in [-0.25, -0.2) is 4.98 Å². The monoisotopic (exact) mass is 251 g/mol. The van der Waals surface area contributed by atoms with Gasteiger partial charge in [-0.3, -0.25) is 4.79 Å². The molecule has 0 bridgehead atoms. The first kappa shape index (κ1) is 11.6. The molecule has 0 amide bonds. The summed E-state index contributed by atoms with van der Waals surface area (Å²) in [6.07, 6.45) is 0. The molecule has 0 spiro atoms. The summed E-state index contributed by atoms with van der Waals surface area (Å²) < 4.78 is 0. The average Bonchev–Trinajstić information content (AvgIpc) is 2.26. The molecule has 0 saturated heterocycles. The Morgan fingerprint density at radius 1 is 1.41 bits per heavy atom. The van der Waals surface area contributed by atoms with Crippen LogP contribution in [0.2, 0.25) is 5.28 Å². The van der Waals surface area contributed by atoms with E-state index in [1.807, 2.05) is 18.2 Å². The largest absolute Gasteiger partial charge is 0.480 e. The first-order valence-corrected chi connectivity index (χ1v) is 5.31.